The number of aromatic nitrogens is 2. The van der Waals surface area contributed by atoms with Gasteiger partial charge < -0.3 is 15.2 Å². The molecular weight excluding hydrogens is 372 g/mol. The number of likely N-dealkylation sites (tertiary alicyclic amines) is 1. The second-order valence-electron chi connectivity index (χ2n) is 6.94. The van der Waals surface area contributed by atoms with Crippen LogP contribution in [0.5, 0.6) is 0 Å². The van der Waals surface area contributed by atoms with Crippen molar-refractivity contribution in [3.63, 3.8) is 0 Å². The highest BCUT2D eigenvalue weighted by atomic mass is 16.2. The van der Waals surface area contributed by atoms with Crippen LogP contribution in [0.25, 0.3) is 16.6 Å². The summed E-state index contributed by atoms with van der Waals surface area (Å²) in [5, 5.41) is 2.89. The zero-order valence-corrected chi connectivity index (χ0v) is 15.7. The van der Waals surface area contributed by atoms with Crippen molar-refractivity contribution in [2.24, 2.45) is 0 Å². The average molecular weight is 392 g/mol. The van der Waals surface area contributed by atoms with Crippen molar-refractivity contribution in [3.8, 4) is 5.69 Å². The summed E-state index contributed by atoms with van der Waals surface area (Å²) in [6, 6.07) is 13.1. The summed E-state index contributed by atoms with van der Waals surface area (Å²) in [5.41, 5.74) is -0.0607. The number of nitrogens with zero attached hydrogens (tertiary/aromatic N) is 2. The zero-order valence-electron chi connectivity index (χ0n) is 15.7. The quantitative estimate of drug-likeness (QED) is 0.692. The van der Waals surface area contributed by atoms with E-state index in [2.05, 4.69) is 10.3 Å². The van der Waals surface area contributed by atoms with Gasteiger partial charge in [0.2, 0.25) is 5.91 Å². The Morgan fingerprint density at radius 3 is 2.45 bits per heavy atom. The van der Waals surface area contributed by atoms with E-state index in [1.165, 1.54) is 18.2 Å². The number of hydrogen-bond acceptors (Lipinski definition) is 4. The maximum atomic E-state index is 12.8. The molecule has 4 rings (SSSR count). The van der Waals surface area contributed by atoms with Gasteiger partial charge in [0, 0.05) is 18.7 Å². The minimum absolute atomic E-state index is 0.0804. The Bertz CT molecular complexity index is 1190. The van der Waals surface area contributed by atoms with Crippen molar-refractivity contribution in [2.75, 3.05) is 19.6 Å². The lowest BCUT2D eigenvalue weighted by Crippen LogP contribution is -2.38. The normalized spacial score (nSPS) is 13.6. The first-order chi connectivity index (χ1) is 14.0. The van der Waals surface area contributed by atoms with Crippen molar-refractivity contribution < 1.29 is 9.59 Å². The van der Waals surface area contributed by atoms with Crippen LogP contribution in [0.4, 0.5) is 0 Å². The van der Waals surface area contributed by atoms with Gasteiger partial charge >= 0.3 is 5.69 Å². The number of amides is 2. The minimum atomic E-state index is -0.588. The molecule has 3 aromatic rings. The monoisotopic (exact) mass is 392 g/mol. The lowest BCUT2D eigenvalue weighted by molar-refractivity contribution is -0.129. The Balaban J connectivity index is 1.59. The van der Waals surface area contributed by atoms with Crippen LogP contribution in [0.15, 0.2) is 58.1 Å². The van der Waals surface area contributed by atoms with Crippen LogP contribution in [0, 0.1) is 0 Å². The molecule has 1 aromatic heterocycles. The summed E-state index contributed by atoms with van der Waals surface area (Å²) >= 11 is 0. The Labute approximate surface area is 165 Å². The van der Waals surface area contributed by atoms with E-state index in [0.717, 1.165) is 30.5 Å². The van der Waals surface area contributed by atoms with Crippen molar-refractivity contribution in [1.82, 2.24) is 19.8 Å². The molecule has 1 aliphatic rings. The van der Waals surface area contributed by atoms with Gasteiger partial charge in [-0.15, -0.1) is 0 Å². The van der Waals surface area contributed by atoms with E-state index in [1.807, 2.05) is 0 Å². The third kappa shape index (κ3) is 3.69. The second-order valence-corrected chi connectivity index (χ2v) is 6.94. The van der Waals surface area contributed by atoms with Crippen LogP contribution in [0.3, 0.4) is 0 Å². The molecule has 2 heterocycles. The van der Waals surface area contributed by atoms with Crippen LogP contribution < -0.4 is 16.6 Å². The average Bonchev–Trinajstić information content (AvgIpc) is 3.27. The number of para-hydroxylation sites is 1. The number of aromatic amines is 1. The molecule has 0 radical (unpaired) electrons. The maximum Gasteiger partial charge on any atom is 0.333 e. The molecule has 1 fully saturated rings. The highest BCUT2D eigenvalue weighted by Gasteiger charge is 2.19. The third-order valence-electron chi connectivity index (χ3n) is 5.03. The van der Waals surface area contributed by atoms with Gasteiger partial charge in [0.25, 0.3) is 11.5 Å². The molecule has 0 saturated carbocycles. The predicted molar refractivity (Wildman–Crippen MR) is 108 cm³/mol. The van der Waals surface area contributed by atoms with E-state index in [0.29, 0.717) is 5.69 Å². The number of carbonyl (C=O) groups is 2. The first kappa shape index (κ1) is 18.7. The molecule has 2 N–H and O–H groups in total. The Morgan fingerprint density at radius 2 is 1.72 bits per heavy atom. The first-order valence-corrected chi connectivity index (χ1v) is 9.45. The van der Waals surface area contributed by atoms with Gasteiger partial charge in [-0.3, -0.25) is 14.4 Å². The van der Waals surface area contributed by atoms with Crippen LogP contribution >= 0.6 is 0 Å². The van der Waals surface area contributed by atoms with E-state index in [4.69, 9.17) is 0 Å². The topological polar surface area (TPSA) is 104 Å². The van der Waals surface area contributed by atoms with Gasteiger partial charge in [-0.05, 0) is 43.2 Å². The van der Waals surface area contributed by atoms with E-state index in [1.54, 1.807) is 35.2 Å². The van der Waals surface area contributed by atoms with Crippen LogP contribution in [0.1, 0.15) is 23.2 Å². The number of H-pyrrole nitrogens is 1. The van der Waals surface area contributed by atoms with Crippen molar-refractivity contribution in [1.29, 1.82) is 0 Å². The molecule has 8 nitrogen and oxygen atoms in total. The minimum Gasteiger partial charge on any atom is -0.343 e. The number of nitrogens with one attached hydrogen (secondary N) is 2. The molecule has 0 atom stereocenters. The molecule has 0 bridgehead atoms. The lowest BCUT2D eigenvalue weighted by Gasteiger charge is -2.15. The molecule has 148 valence electrons. The summed E-state index contributed by atoms with van der Waals surface area (Å²) < 4.78 is 1.05. The highest BCUT2D eigenvalue weighted by molar-refractivity contribution is 5.99. The van der Waals surface area contributed by atoms with Gasteiger partial charge in [-0.25, -0.2) is 9.36 Å². The van der Waals surface area contributed by atoms with E-state index < -0.39 is 17.2 Å². The highest BCUT2D eigenvalue weighted by Crippen LogP contribution is 2.11. The van der Waals surface area contributed by atoms with Crippen molar-refractivity contribution in [3.05, 3.63) is 74.9 Å². The summed E-state index contributed by atoms with van der Waals surface area (Å²) in [7, 11) is 0. The molecule has 0 spiro atoms. The van der Waals surface area contributed by atoms with Gasteiger partial charge in [-0.1, -0.05) is 18.2 Å². The molecule has 29 heavy (non-hydrogen) atoms. The number of fused-ring (bicyclic) bond motifs is 1. The summed E-state index contributed by atoms with van der Waals surface area (Å²) in [6.45, 7) is 1.36. The van der Waals surface area contributed by atoms with E-state index >= 15 is 0 Å². The summed E-state index contributed by atoms with van der Waals surface area (Å²) in [4.78, 5) is 54.1. The molecule has 2 amide bonds. The predicted octanol–water partition coefficient (Wildman–Crippen LogP) is 1.03. The molecule has 0 unspecified atom stereocenters. The van der Waals surface area contributed by atoms with Gasteiger partial charge in [0.15, 0.2) is 0 Å². The first-order valence-electron chi connectivity index (χ1n) is 9.45. The number of benzene rings is 2. The van der Waals surface area contributed by atoms with Gasteiger partial charge in [0.1, 0.15) is 0 Å². The molecule has 1 aliphatic heterocycles. The van der Waals surface area contributed by atoms with Crippen LogP contribution in [0.2, 0.25) is 0 Å². The maximum absolute atomic E-state index is 12.8. The number of hydrogen-bond donors (Lipinski definition) is 2. The van der Waals surface area contributed by atoms with Crippen molar-refractivity contribution in [2.45, 2.75) is 12.8 Å². The number of rotatable bonds is 4. The fourth-order valence-corrected chi connectivity index (χ4v) is 3.51. The van der Waals surface area contributed by atoms with Crippen molar-refractivity contribution >= 4 is 22.7 Å². The molecule has 8 heteroatoms. The number of carbonyl (C=O) groups excluding carboxylic acids is 2. The standard InChI is InChI=1S/C21H20N4O4/c26-18(24-10-4-5-11-24)13-22-19(27)14-8-9-16-17(12-14)23-21(29)25(20(16)28)15-6-2-1-3-7-15/h1-3,6-9,12H,4-5,10-11,13H2,(H,22,27)(H,23,29). The summed E-state index contributed by atoms with van der Waals surface area (Å²) in [5.74, 6) is -0.552. The zero-order chi connectivity index (χ0) is 20.4. The Morgan fingerprint density at radius 1 is 1.00 bits per heavy atom. The largest absolute Gasteiger partial charge is 0.343 e. The molecule has 2 aromatic carbocycles. The SMILES string of the molecule is O=C(NCC(=O)N1CCCC1)c1ccc2c(=O)n(-c3ccccc3)c(=O)[nH]c2c1. The van der Waals surface area contributed by atoms with Crippen LogP contribution in [-0.2, 0) is 4.79 Å². The van der Waals surface area contributed by atoms with Gasteiger partial charge in [0.05, 0.1) is 23.1 Å². The summed E-state index contributed by atoms with van der Waals surface area (Å²) in [6.07, 6.45) is 1.97. The van der Waals surface area contributed by atoms with Gasteiger partial charge in [-0.2, -0.15) is 0 Å². The second kappa shape index (κ2) is 7.75. The lowest BCUT2D eigenvalue weighted by atomic mass is 10.1. The fraction of sp³-hybridized carbons (Fsp3) is 0.238. The Kier molecular flexibility index (Phi) is 4.99. The van der Waals surface area contributed by atoms with Crippen LogP contribution in [-0.4, -0.2) is 45.9 Å². The smallest absolute Gasteiger partial charge is 0.333 e. The molecular formula is C21H20N4O4. The molecule has 0 aliphatic carbocycles. The molecule has 1 saturated heterocycles. The van der Waals surface area contributed by atoms with E-state index in [9.17, 15) is 19.2 Å². The van der Waals surface area contributed by atoms with E-state index in [-0.39, 0.29) is 28.9 Å². The third-order valence-corrected chi connectivity index (χ3v) is 5.03. The Hall–Kier alpha value is -3.68. The fourth-order valence-electron chi connectivity index (χ4n) is 3.51.